The number of nitrogens with one attached hydrogen (secondary N) is 1. The average Bonchev–Trinajstić information content (AvgIpc) is 2.48. The van der Waals surface area contributed by atoms with Crippen LogP contribution in [0.25, 0.3) is 0 Å². The number of phenols is 1. The molecular formula is C15H23NO4. The number of para-hydroxylation sites is 1. The molecule has 0 aliphatic rings. The Morgan fingerprint density at radius 3 is 2.65 bits per heavy atom. The first-order valence-electron chi connectivity index (χ1n) is 6.71. The number of carbonyl (C=O) groups is 1. The van der Waals surface area contributed by atoms with Gasteiger partial charge in [-0.05, 0) is 12.0 Å². The number of hydrogen-bond acceptors (Lipinski definition) is 5. The maximum absolute atomic E-state index is 11.8. The number of aromatic hydroxyl groups is 1. The van der Waals surface area contributed by atoms with Crippen molar-refractivity contribution >= 4 is 5.97 Å². The molecule has 20 heavy (non-hydrogen) atoms. The first kappa shape index (κ1) is 16.3. The van der Waals surface area contributed by atoms with Crippen molar-refractivity contribution in [3.8, 4) is 11.5 Å². The molecular weight excluding hydrogens is 258 g/mol. The highest BCUT2D eigenvalue weighted by Crippen LogP contribution is 2.29. The SMILES string of the molecule is CCC(C)C(NCc1cccc(OC)c1O)C(=O)OC. The number of rotatable bonds is 7. The fourth-order valence-corrected chi connectivity index (χ4v) is 1.97. The van der Waals surface area contributed by atoms with E-state index in [-0.39, 0.29) is 17.6 Å². The summed E-state index contributed by atoms with van der Waals surface area (Å²) < 4.78 is 9.87. The van der Waals surface area contributed by atoms with Gasteiger partial charge in [0.25, 0.3) is 0 Å². The first-order valence-corrected chi connectivity index (χ1v) is 6.71. The van der Waals surface area contributed by atoms with E-state index in [1.54, 1.807) is 18.2 Å². The monoisotopic (exact) mass is 281 g/mol. The molecule has 1 aromatic rings. The molecule has 0 spiro atoms. The van der Waals surface area contributed by atoms with Gasteiger partial charge in [0.15, 0.2) is 11.5 Å². The van der Waals surface area contributed by atoms with Crippen molar-refractivity contribution in [2.75, 3.05) is 14.2 Å². The zero-order valence-corrected chi connectivity index (χ0v) is 12.5. The predicted octanol–water partition coefficient (Wildman–Crippen LogP) is 2.08. The number of methoxy groups -OCH3 is 2. The Kier molecular flexibility index (Phi) is 6.31. The van der Waals surface area contributed by atoms with Crippen LogP contribution in [0, 0.1) is 5.92 Å². The van der Waals surface area contributed by atoms with Crippen molar-refractivity contribution in [2.24, 2.45) is 5.92 Å². The van der Waals surface area contributed by atoms with Crippen LogP contribution in [-0.2, 0) is 16.1 Å². The van der Waals surface area contributed by atoms with Gasteiger partial charge in [-0.25, -0.2) is 0 Å². The van der Waals surface area contributed by atoms with Crippen LogP contribution < -0.4 is 10.1 Å². The molecule has 112 valence electrons. The quantitative estimate of drug-likeness (QED) is 0.749. The van der Waals surface area contributed by atoms with Crippen LogP contribution in [0.1, 0.15) is 25.8 Å². The molecule has 2 unspecified atom stereocenters. The summed E-state index contributed by atoms with van der Waals surface area (Å²) in [5.41, 5.74) is 0.682. The minimum atomic E-state index is -0.393. The third-order valence-corrected chi connectivity index (χ3v) is 3.48. The molecule has 5 nitrogen and oxygen atoms in total. The van der Waals surface area contributed by atoms with E-state index in [2.05, 4.69) is 5.32 Å². The second-order valence-corrected chi connectivity index (χ2v) is 4.74. The van der Waals surface area contributed by atoms with E-state index in [4.69, 9.17) is 9.47 Å². The molecule has 0 radical (unpaired) electrons. The van der Waals surface area contributed by atoms with E-state index in [9.17, 15) is 9.90 Å². The smallest absolute Gasteiger partial charge is 0.323 e. The Hall–Kier alpha value is -1.75. The van der Waals surface area contributed by atoms with Gasteiger partial charge in [-0.15, -0.1) is 0 Å². The number of phenolic OH excluding ortho intramolecular Hbond substituents is 1. The Balaban J connectivity index is 2.80. The molecule has 2 N–H and O–H groups in total. The zero-order valence-electron chi connectivity index (χ0n) is 12.5. The molecule has 0 saturated carbocycles. The summed E-state index contributed by atoms with van der Waals surface area (Å²) in [6.45, 7) is 4.37. The minimum Gasteiger partial charge on any atom is -0.504 e. The van der Waals surface area contributed by atoms with Crippen LogP contribution in [0.5, 0.6) is 11.5 Å². The lowest BCUT2D eigenvalue weighted by Gasteiger charge is -2.22. The number of hydrogen-bond donors (Lipinski definition) is 2. The zero-order chi connectivity index (χ0) is 15.1. The van der Waals surface area contributed by atoms with Crippen LogP contribution in [0.4, 0.5) is 0 Å². The lowest BCUT2D eigenvalue weighted by Crippen LogP contribution is -2.42. The molecule has 1 rings (SSSR count). The Bertz CT molecular complexity index is 447. The summed E-state index contributed by atoms with van der Waals surface area (Å²) in [6.07, 6.45) is 0.858. The van der Waals surface area contributed by atoms with Gasteiger partial charge in [0, 0.05) is 12.1 Å². The first-order chi connectivity index (χ1) is 9.54. The second-order valence-electron chi connectivity index (χ2n) is 4.74. The number of esters is 1. The molecule has 0 aliphatic carbocycles. The van der Waals surface area contributed by atoms with E-state index < -0.39 is 6.04 Å². The van der Waals surface area contributed by atoms with Gasteiger partial charge in [0.1, 0.15) is 6.04 Å². The highest BCUT2D eigenvalue weighted by molar-refractivity contribution is 5.76. The van der Waals surface area contributed by atoms with Gasteiger partial charge >= 0.3 is 5.97 Å². The van der Waals surface area contributed by atoms with Gasteiger partial charge < -0.3 is 14.6 Å². The topological polar surface area (TPSA) is 67.8 Å². The van der Waals surface area contributed by atoms with Gasteiger partial charge in [0.05, 0.1) is 14.2 Å². The molecule has 0 aromatic heterocycles. The fourth-order valence-electron chi connectivity index (χ4n) is 1.97. The molecule has 0 bridgehead atoms. The normalized spacial score (nSPS) is 13.6. The van der Waals surface area contributed by atoms with Crippen LogP contribution in [0.2, 0.25) is 0 Å². The highest BCUT2D eigenvalue weighted by atomic mass is 16.5. The van der Waals surface area contributed by atoms with Gasteiger partial charge in [-0.1, -0.05) is 32.4 Å². The summed E-state index contributed by atoms with van der Waals surface area (Å²) >= 11 is 0. The van der Waals surface area contributed by atoms with Gasteiger partial charge in [-0.3, -0.25) is 10.1 Å². The predicted molar refractivity (Wildman–Crippen MR) is 76.8 cm³/mol. The summed E-state index contributed by atoms with van der Waals surface area (Å²) in [6, 6.07) is 4.88. The lowest BCUT2D eigenvalue weighted by atomic mass is 9.99. The molecule has 0 amide bonds. The fraction of sp³-hybridized carbons (Fsp3) is 0.533. The third-order valence-electron chi connectivity index (χ3n) is 3.48. The number of ether oxygens (including phenoxy) is 2. The Morgan fingerprint density at radius 1 is 1.40 bits per heavy atom. The van der Waals surface area contributed by atoms with Crippen molar-refractivity contribution in [3.63, 3.8) is 0 Å². The van der Waals surface area contributed by atoms with Crippen molar-refractivity contribution < 1.29 is 19.4 Å². The number of benzene rings is 1. The van der Waals surface area contributed by atoms with Gasteiger partial charge in [0.2, 0.25) is 0 Å². The molecule has 0 heterocycles. The summed E-state index contributed by atoms with van der Waals surface area (Å²) in [5, 5.41) is 13.2. The highest BCUT2D eigenvalue weighted by Gasteiger charge is 2.24. The van der Waals surface area contributed by atoms with E-state index in [0.29, 0.717) is 17.9 Å². The van der Waals surface area contributed by atoms with E-state index in [1.807, 2.05) is 13.8 Å². The molecule has 0 fully saturated rings. The standard InChI is InChI=1S/C15H23NO4/c1-5-10(2)13(15(18)20-4)16-9-11-7-6-8-12(19-3)14(11)17/h6-8,10,13,16-17H,5,9H2,1-4H3. The maximum atomic E-state index is 11.8. The molecule has 5 heteroatoms. The van der Waals surface area contributed by atoms with Gasteiger partial charge in [-0.2, -0.15) is 0 Å². The van der Waals surface area contributed by atoms with Crippen molar-refractivity contribution in [3.05, 3.63) is 23.8 Å². The van der Waals surface area contributed by atoms with Crippen LogP contribution in [0.3, 0.4) is 0 Å². The Morgan fingerprint density at radius 2 is 2.10 bits per heavy atom. The van der Waals surface area contributed by atoms with Crippen LogP contribution in [-0.4, -0.2) is 31.3 Å². The summed E-state index contributed by atoms with van der Waals surface area (Å²) in [7, 11) is 2.88. The maximum Gasteiger partial charge on any atom is 0.323 e. The third kappa shape index (κ3) is 3.87. The van der Waals surface area contributed by atoms with E-state index in [0.717, 1.165) is 6.42 Å². The summed E-state index contributed by atoms with van der Waals surface area (Å²) in [5.74, 6) is 0.370. The van der Waals surface area contributed by atoms with Crippen molar-refractivity contribution in [1.29, 1.82) is 0 Å². The number of carbonyl (C=O) groups excluding carboxylic acids is 1. The van der Waals surface area contributed by atoms with Crippen LogP contribution in [0.15, 0.2) is 18.2 Å². The van der Waals surface area contributed by atoms with Crippen molar-refractivity contribution in [2.45, 2.75) is 32.9 Å². The van der Waals surface area contributed by atoms with E-state index >= 15 is 0 Å². The summed E-state index contributed by atoms with van der Waals surface area (Å²) in [4.78, 5) is 11.8. The van der Waals surface area contributed by atoms with Crippen molar-refractivity contribution in [1.82, 2.24) is 5.32 Å². The molecule has 1 aromatic carbocycles. The Labute approximate surface area is 119 Å². The molecule has 2 atom stereocenters. The second kappa shape index (κ2) is 7.75. The lowest BCUT2D eigenvalue weighted by molar-refractivity contribution is -0.144. The molecule has 0 saturated heterocycles. The minimum absolute atomic E-state index is 0.0928. The molecule has 0 aliphatic heterocycles. The largest absolute Gasteiger partial charge is 0.504 e. The van der Waals surface area contributed by atoms with Crippen LogP contribution >= 0.6 is 0 Å². The average molecular weight is 281 g/mol. The van der Waals surface area contributed by atoms with E-state index in [1.165, 1.54) is 14.2 Å².